The van der Waals surface area contributed by atoms with Gasteiger partial charge in [-0.3, -0.25) is 4.79 Å². The van der Waals surface area contributed by atoms with Gasteiger partial charge in [0.15, 0.2) is 5.78 Å². The lowest BCUT2D eigenvalue weighted by atomic mass is 10.2. The predicted octanol–water partition coefficient (Wildman–Crippen LogP) is 2.71. The molecule has 0 aliphatic rings. The fourth-order valence-electron chi connectivity index (χ4n) is 0.985. The van der Waals surface area contributed by atoms with E-state index in [1.54, 1.807) is 19.9 Å². The molecule has 0 aliphatic heterocycles. The summed E-state index contributed by atoms with van der Waals surface area (Å²) in [6.07, 6.45) is 6.25. The number of allylic oxidation sites excluding steroid dienone is 2. The number of Topliss-reactive ketones (excluding diaryl/α,β-unsaturated/α-hetero) is 1. The summed E-state index contributed by atoms with van der Waals surface area (Å²) in [4.78, 5) is 30.6. The Balaban J connectivity index is -0.000000239. The van der Waals surface area contributed by atoms with Gasteiger partial charge in [-0.15, -0.1) is 0 Å². The number of rotatable bonds is 8. The highest BCUT2D eigenvalue weighted by Gasteiger charge is 1.92. The molecule has 0 saturated heterocycles. The molecule has 19 heavy (non-hydrogen) atoms. The second-order valence-electron chi connectivity index (χ2n) is 3.58. The molecule has 4 heteroatoms. The highest BCUT2D eigenvalue weighted by molar-refractivity contribution is 5.90. The summed E-state index contributed by atoms with van der Waals surface area (Å²) in [6.45, 7) is 8.34. The number of nitrogens with one attached hydrogen (secondary N) is 1. The van der Waals surface area contributed by atoms with Crippen LogP contribution in [0.1, 0.15) is 53.4 Å². The van der Waals surface area contributed by atoms with Gasteiger partial charge < -0.3 is 14.9 Å². The molecular formula is C15H29NO3. The van der Waals surface area contributed by atoms with Crippen molar-refractivity contribution in [3.63, 3.8) is 0 Å². The summed E-state index contributed by atoms with van der Waals surface area (Å²) in [6, 6.07) is 0. The first-order valence-electron chi connectivity index (χ1n) is 6.81. The molecule has 0 spiro atoms. The maximum Gasteiger partial charge on any atom is 0.155 e. The Hall–Kier alpha value is -1.29. The van der Waals surface area contributed by atoms with Crippen LogP contribution in [0, 0.1) is 0 Å². The molecule has 0 saturated carbocycles. The van der Waals surface area contributed by atoms with E-state index in [4.69, 9.17) is 0 Å². The summed E-state index contributed by atoms with van der Waals surface area (Å²) < 4.78 is 0. The summed E-state index contributed by atoms with van der Waals surface area (Å²) in [5.41, 5.74) is 0. The van der Waals surface area contributed by atoms with Gasteiger partial charge >= 0.3 is 0 Å². The Bertz CT molecular complexity index is 248. The minimum absolute atomic E-state index is 0.0181. The third-order valence-corrected chi connectivity index (χ3v) is 1.82. The van der Waals surface area contributed by atoms with Crippen LogP contribution in [0.5, 0.6) is 0 Å². The third-order valence-electron chi connectivity index (χ3n) is 1.82. The first-order valence-corrected chi connectivity index (χ1v) is 6.81. The summed E-state index contributed by atoms with van der Waals surface area (Å²) >= 11 is 0. The number of aldehydes is 1. The monoisotopic (exact) mass is 271 g/mol. The van der Waals surface area contributed by atoms with Crippen LogP contribution in [0.4, 0.5) is 0 Å². The average molecular weight is 271 g/mol. The average Bonchev–Trinajstić information content (AvgIpc) is 2.40. The van der Waals surface area contributed by atoms with Gasteiger partial charge in [-0.2, -0.15) is 0 Å². The quantitative estimate of drug-likeness (QED) is 0.419. The van der Waals surface area contributed by atoms with E-state index in [0.29, 0.717) is 19.3 Å². The van der Waals surface area contributed by atoms with Crippen LogP contribution in [0.3, 0.4) is 0 Å². The zero-order valence-electron chi connectivity index (χ0n) is 13.0. The fourth-order valence-corrected chi connectivity index (χ4v) is 0.985. The van der Waals surface area contributed by atoms with Crippen molar-refractivity contribution in [2.75, 3.05) is 13.6 Å². The van der Waals surface area contributed by atoms with Gasteiger partial charge in [-0.1, -0.05) is 19.9 Å². The first-order chi connectivity index (χ1) is 9.08. The third kappa shape index (κ3) is 31.5. The summed E-state index contributed by atoms with van der Waals surface area (Å²) in [5, 5.41) is 2.97. The molecule has 1 N–H and O–H groups in total. The molecule has 0 unspecified atom stereocenters. The molecule has 0 radical (unpaired) electrons. The number of hydrogen-bond donors (Lipinski definition) is 1. The molecule has 0 bridgehead atoms. The van der Waals surface area contributed by atoms with Crippen molar-refractivity contribution in [3.05, 3.63) is 12.2 Å². The lowest BCUT2D eigenvalue weighted by Crippen LogP contribution is -2.08. The molecule has 0 aromatic carbocycles. The van der Waals surface area contributed by atoms with Gasteiger partial charge in [0, 0.05) is 19.3 Å². The van der Waals surface area contributed by atoms with Gasteiger partial charge in [0.1, 0.15) is 12.1 Å². The molecule has 0 rings (SSSR count). The maximum absolute atomic E-state index is 10.6. The molecular weight excluding hydrogens is 242 g/mol. The van der Waals surface area contributed by atoms with Crippen LogP contribution < -0.4 is 5.32 Å². The van der Waals surface area contributed by atoms with Crippen molar-refractivity contribution in [2.24, 2.45) is 0 Å². The number of hydrogen-bond acceptors (Lipinski definition) is 4. The van der Waals surface area contributed by atoms with Crippen molar-refractivity contribution < 1.29 is 14.4 Å². The molecule has 0 atom stereocenters. The largest absolute Gasteiger partial charge is 0.320 e. The first kappa shape index (κ1) is 22.9. The van der Waals surface area contributed by atoms with Crippen molar-refractivity contribution >= 4 is 17.9 Å². The second-order valence-corrected chi connectivity index (χ2v) is 3.58. The van der Waals surface area contributed by atoms with E-state index >= 15 is 0 Å². The van der Waals surface area contributed by atoms with E-state index < -0.39 is 0 Å². The molecule has 4 nitrogen and oxygen atoms in total. The van der Waals surface area contributed by atoms with E-state index in [0.717, 1.165) is 19.3 Å². The van der Waals surface area contributed by atoms with Gasteiger partial charge in [-0.25, -0.2) is 0 Å². The Morgan fingerprint density at radius 3 is 2.11 bits per heavy atom. The Labute approximate surface area is 117 Å². The normalized spacial score (nSPS) is 8.89. The minimum Gasteiger partial charge on any atom is -0.320 e. The minimum atomic E-state index is 0.0181. The van der Waals surface area contributed by atoms with Crippen molar-refractivity contribution in [3.8, 4) is 0 Å². The molecule has 112 valence electrons. The van der Waals surface area contributed by atoms with Crippen LogP contribution in [-0.4, -0.2) is 31.4 Å². The standard InChI is InChI=1S/C7H10O2.C6H13NO.C2H6/c1-2-4-7(9)5-3-6-8;1-6(8)4-3-5-7-2;1-2/h2,4,6H,3,5H2,1H3;7H,3-5H2,1-2H3;1-2H3/b4-2+;;. The molecule has 0 aromatic heterocycles. The van der Waals surface area contributed by atoms with Crippen molar-refractivity contribution in [1.82, 2.24) is 5.32 Å². The van der Waals surface area contributed by atoms with E-state index in [2.05, 4.69) is 5.32 Å². The Morgan fingerprint density at radius 1 is 1.16 bits per heavy atom. The van der Waals surface area contributed by atoms with E-state index in [-0.39, 0.29) is 11.6 Å². The summed E-state index contributed by atoms with van der Waals surface area (Å²) in [5.74, 6) is 0.296. The van der Waals surface area contributed by atoms with Gasteiger partial charge in [0.2, 0.25) is 0 Å². The van der Waals surface area contributed by atoms with Gasteiger partial charge in [0.25, 0.3) is 0 Å². The SMILES string of the molecule is C/C=C/C(=O)CCC=O.CC.CNCCCC(C)=O. The van der Waals surface area contributed by atoms with Crippen LogP contribution >= 0.6 is 0 Å². The van der Waals surface area contributed by atoms with Gasteiger partial charge in [0.05, 0.1) is 0 Å². The Morgan fingerprint density at radius 2 is 1.74 bits per heavy atom. The van der Waals surface area contributed by atoms with Gasteiger partial charge in [-0.05, 0) is 39.9 Å². The highest BCUT2D eigenvalue weighted by Crippen LogP contribution is 1.88. The molecule has 0 aliphatic carbocycles. The fraction of sp³-hybridized carbons (Fsp3) is 0.667. The van der Waals surface area contributed by atoms with E-state index in [1.807, 2.05) is 20.9 Å². The van der Waals surface area contributed by atoms with Crippen LogP contribution in [0.15, 0.2) is 12.2 Å². The van der Waals surface area contributed by atoms with E-state index in [1.165, 1.54) is 6.08 Å². The number of carbonyl (C=O) groups excluding carboxylic acids is 3. The van der Waals surface area contributed by atoms with E-state index in [9.17, 15) is 14.4 Å². The Kier molecular flexibility index (Phi) is 26.4. The zero-order chi connectivity index (χ0) is 15.5. The predicted molar refractivity (Wildman–Crippen MR) is 80.3 cm³/mol. The highest BCUT2D eigenvalue weighted by atomic mass is 16.1. The van der Waals surface area contributed by atoms with Crippen molar-refractivity contribution in [1.29, 1.82) is 0 Å². The maximum atomic E-state index is 10.6. The van der Waals surface area contributed by atoms with Crippen LogP contribution in [0.25, 0.3) is 0 Å². The molecule has 0 amide bonds. The molecule has 0 aromatic rings. The molecule has 0 fully saturated rings. The lowest BCUT2D eigenvalue weighted by molar-refractivity contribution is -0.117. The zero-order valence-corrected chi connectivity index (χ0v) is 13.0. The number of ketones is 2. The number of carbonyl (C=O) groups is 3. The second kappa shape index (κ2) is 21.9. The topological polar surface area (TPSA) is 63.2 Å². The lowest BCUT2D eigenvalue weighted by Gasteiger charge is -1.93. The smallest absolute Gasteiger partial charge is 0.155 e. The van der Waals surface area contributed by atoms with Crippen LogP contribution in [0.2, 0.25) is 0 Å². The van der Waals surface area contributed by atoms with Crippen molar-refractivity contribution in [2.45, 2.75) is 53.4 Å². The summed E-state index contributed by atoms with van der Waals surface area (Å²) in [7, 11) is 1.89. The molecule has 0 heterocycles. The van der Waals surface area contributed by atoms with Crippen LogP contribution in [-0.2, 0) is 14.4 Å².